The van der Waals surface area contributed by atoms with E-state index >= 15 is 0 Å². The van der Waals surface area contributed by atoms with Crippen LogP contribution in [0.15, 0.2) is 48.8 Å². The zero-order valence-electron chi connectivity index (χ0n) is 16.0. The molecule has 0 bridgehead atoms. The van der Waals surface area contributed by atoms with Crippen molar-refractivity contribution in [2.24, 2.45) is 0 Å². The number of nitrogens with one attached hydrogen (secondary N) is 2. The smallest absolute Gasteiger partial charge is 0.416 e. The molecule has 2 aromatic carbocycles. The normalized spacial score (nSPS) is 11.1. The molecule has 0 aliphatic heterocycles. The van der Waals surface area contributed by atoms with Crippen LogP contribution in [0.1, 0.15) is 11.1 Å². The van der Waals surface area contributed by atoms with E-state index < -0.39 is 11.7 Å². The van der Waals surface area contributed by atoms with Crippen molar-refractivity contribution in [2.45, 2.75) is 12.7 Å². The van der Waals surface area contributed by atoms with Gasteiger partial charge in [0.25, 0.3) is 0 Å². The van der Waals surface area contributed by atoms with Crippen molar-refractivity contribution in [3.63, 3.8) is 0 Å². The van der Waals surface area contributed by atoms with Crippen LogP contribution in [0.2, 0.25) is 0 Å². The van der Waals surface area contributed by atoms with Gasteiger partial charge in [-0.1, -0.05) is 12.1 Å². The molecule has 158 valence electrons. The zero-order valence-corrected chi connectivity index (χ0v) is 16.8. The van der Waals surface area contributed by atoms with Crippen LogP contribution >= 0.6 is 12.2 Å². The third-order valence-corrected chi connectivity index (χ3v) is 4.22. The Morgan fingerprint density at radius 3 is 2.60 bits per heavy atom. The van der Waals surface area contributed by atoms with Crippen molar-refractivity contribution in [2.75, 3.05) is 24.9 Å². The van der Waals surface area contributed by atoms with Gasteiger partial charge >= 0.3 is 6.18 Å². The summed E-state index contributed by atoms with van der Waals surface area (Å²) in [5.41, 5.74) is 0.349. The van der Waals surface area contributed by atoms with E-state index in [1.54, 1.807) is 31.4 Å². The van der Waals surface area contributed by atoms with Crippen molar-refractivity contribution in [1.82, 2.24) is 14.8 Å². The summed E-state index contributed by atoms with van der Waals surface area (Å²) < 4.78 is 50.4. The lowest BCUT2D eigenvalue weighted by Crippen LogP contribution is -2.20. The van der Waals surface area contributed by atoms with Crippen LogP contribution in [0.3, 0.4) is 0 Å². The van der Waals surface area contributed by atoms with Gasteiger partial charge in [0.05, 0.1) is 32.0 Å². The van der Waals surface area contributed by atoms with Gasteiger partial charge in [0.15, 0.2) is 5.11 Å². The molecule has 1 aromatic heterocycles. The molecule has 3 rings (SSSR count). The standard InChI is InChI=1S/C19H18F3N5O2S/c1-28-14-6-7-15(16(9-14)29-2)24-18(30)25-17-23-11-27(26-17)10-12-4-3-5-13(8-12)19(20,21)22/h3-9,11H,10H2,1-2H3,(H2,24,25,26,30). The molecule has 0 aliphatic carbocycles. The Morgan fingerprint density at radius 2 is 1.90 bits per heavy atom. The number of halogens is 3. The maximum absolute atomic E-state index is 12.8. The second kappa shape index (κ2) is 8.99. The van der Waals surface area contributed by atoms with Gasteiger partial charge in [0.1, 0.15) is 17.8 Å². The molecule has 2 N–H and O–H groups in total. The lowest BCUT2D eigenvalue weighted by atomic mass is 10.1. The second-order valence-corrected chi connectivity index (χ2v) is 6.52. The molecule has 7 nitrogen and oxygen atoms in total. The molecule has 11 heteroatoms. The minimum absolute atomic E-state index is 0.130. The molecule has 1 heterocycles. The minimum atomic E-state index is -4.40. The van der Waals surface area contributed by atoms with E-state index in [0.717, 1.165) is 12.1 Å². The van der Waals surface area contributed by atoms with Crippen molar-refractivity contribution in [1.29, 1.82) is 0 Å². The van der Waals surface area contributed by atoms with E-state index in [0.29, 0.717) is 22.7 Å². The number of benzene rings is 2. The Kier molecular flexibility index (Phi) is 6.40. The Labute approximate surface area is 175 Å². The highest BCUT2D eigenvalue weighted by Crippen LogP contribution is 2.30. The number of alkyl halides is 3. The van der Waals surface area contributed by atoms with E-state index in [2.05, 4.69) is 20.7 Å². The highest BCUT2D eigenvalue weighted by molar-refractivity contribution is 7.80. The first-order valence-electron chi connectivity index (χ1n) is 8.64. The topological polar surface area (TPSA) is 73.2 Å². The van der Waals surface area contributed by atoms with Crippen LogP contribution in [-0.2, 0) is 12.7 Å². The molecule has 0 saturated heterocycles. The summed E-state index contributed by atoms with van der Waals surface area (Å²) in [6.07, 6.45) is -3.00. The van der Waals surface area contributed by atoms with Crippen LogP contribution in [0, 0.1) is 0 Å². The third-order valence-electron chi connectivity index (χ3n) is 4.02. The lowest BCUT2D eigenvalue weighted by Gasteiger charge is -2.13. The highest BCUT2D eigenvalue weighted by Gasteiger charge is 2.30. The number of methoxy groups -OCH3 is 2. The van der Waals surface area contributed by atoms with Gasteiger partial charge in [-0.3, -0.25) is 5.32 Å². The third kappa shape index (κ3) is 5.38. The largest absolute Gasteiger partial charge is 0.497 e. The van der Waals surface area contributed by atoms with Gasteiger partial charge in [0.2, 0.25) is 5.95 Å². The van der Waals surface area contributed by atoms with E-state index in [9.17, 15) is 13.2 Å². The first-order chi connectivity index (χ1) is 14.3. The van der Waals surface area contributed by atoms with Gasteiger partial charge in [-0.25, -0.2) is 9.67 Å². The van der Waals surface area contributed by atoms with Crippen LogP contribution in [-0.4, -0.2) is 34.1 Å². The molecule has 30 heavy (non-hydrogen) atoms. The average molecular weight is 437 g/mol. The molecule has 0 fully saturated rings. The molecule has 0 radical (unpaired) electrons. The molecule has 0 unspecified atom stereocenters. The number of ether oxygens (including phenoxy) is 2. The van der Waals surface area contributed by atoms with Crippen molar-refractivity contribution in [3.8, 4) is 11.5 Å². The van der Waals surface area contributed by atoms with Gasteiger partial charge in [0, 0.05) is 6.07 Å². The fraction of sp³-hybridized carbons (Fsp3) is 0.211. The Hall–Kier alpha value is -3.34. The predicted octanol–water partition coefficient (Wildman–Crippen LogP) is 4.17. The van der Waals surface area contributed by atoms with Gasteiger partial charge in [-0.15, -0.1) is 5.10 Å². The summed E-state index contributed by atoms with van der Waals surface area (Å²) >= 11 is 5.26. The first-order valence-corrected chi connectivity index (χ1v) is 9.05. The summed E-state index contributed by atoms with van der Waals surface area (Å²) in [5, 5.41) is 10.2. The molecule has 0 saturated carbocycles. The summed E-state index contributed by atoms with van der Waals surface area (Å²) in [6.45, 7) is 0.130. The van der Waals surface area contributed by atoms with E-state index in [1.807, 2.05) is 0 Å². The Balaban J connectivity index is 1.64. The lowest BCUT2D eigenvalue weighted by molar-refractivity contribution is -0.137. The Bertz CT molecular complexity index is 1040. The number of hydrogen-bond donors (Lipinski definition) is 2. The van der Waals surface area contributed by atoms with Gasteiger partial charge < -0.3 is 14.8 Å². The van der Waals surface area contributed by atoms with Crippen LogP contribution in [0.25, 0.3) is 0 Å². The molecular weight excluding hydrogens is 419 g/mol. The molecule has 3 aromatic rings. The summed E-state index contributed by atoms with van der Waals surface area (Å²) in [6, 6.07) is 10.2. The fourth-order valence-corrected chi connectivity index (χ4v) is 2.82. The molecule has 0 amide bonds. The number of thiocarbonyl (C=S) groups is 1. The molecular formula is C19H18F3N5O2S. The maximum Gasteiger partial charge on any atom is 0.416 e. The number of anilines is 2. The summed E-state index contributed by atoms with van der Waals surface area (Å²) in [5.74, 6) is 1.36. The zero-order chi connectivity index (χ0) is 21.7. The maximum atomic E-state index is 12.8. The van der Waals surface area contributed by atoms with E-state index in [1.165, 1.54) is 24.2 Å². The average Bonchev–Trinajstić information content (AvgIpc) is 3.14. The van der Waals surface area contributed by atoms with Crippen LogP contribution < -0.4 is 20.1 Å². The van der Waals surface area contributed by atoms with Crippen molar-refractivity contribution >= 4 is 29.0 Å². The predicted molar refractivity (Wildman–Crippen MR) is 110 cm³/mol. The first kappa shape index (κ1) is 21.4. The Morgan fingerprint density at radius 1 is 1.10 bits per heavy atom. The van der Waals surface area contributed by atoms with E-state index in [-0.39, 0.29) is 17.6 Å². The van der Waals surface area contributed by atoms with E-state index in [4.69, 9.17) is 21.7 Å². The summed E-state index contributed by atoms with van der Waals surface area (Å²) in [7, 11) is 3.07. The number of hydrogen-bond acceptors (Lipinski definition) is 5. The molecule has 0 spiro atoms. The van der Waals surface area contributed by atoms with Crippen LogP contribution in [0.5, 0.6) is 11.5 Å². The second-order valence-electron chi connectivity index (χ2n) is 6.11. The molecule has 0 atom stereocenters. The fourth-order valence-electron chi connectivity index (χ4n) is 2.62. The van der Waals surface area contributed by atoms with Crippen molar-refractivity contribution in [3.05, 3.63) is 59.9 Å². The monoisotopic (exact) mass is 437 g/mol. The molecule has 0 aliphatic rings. The quantitative estimate of drug-likeness (QED) is 0.561. The number of aromatic nitrogens is 3. The number of rotatable bonds is 6. The minimum Gasteiger partial charge on any atom is -0.497 e. The van der Waals surface area contributed by atoms with Crippen LogP contribution in [0.4, 0.5) is 24.8 Å². The SMILES string of the molecule is COc1ccc(NC(=S)Nc2ncn(Cc3cccc(C(F)(F)F)c3)n2)c(OC)c1. The van der Waals surface area contributed by atoms with Gasteiger partial charge in [-0.2, -0.15) is 13.2 Å². The number of nitrogens with zero attached hydrogens (tertiary/aromatic N) is 3. The summed E-state index contributed by atoms with van der Waals surface area (Å²) in [4.78, 5) is 4.07. The van der Waals surface area contributed by atoms with Gasteiger partial charge in [-0.05, 0) is 42.0 Å². The highest BCUT2D eigenvalue weighted by atomic mass is 32.1. The van der Waals surface area contributed by atoms with Crippen molar-refractivity contribution < 1.29 is 22.6 Å².